The number of urea groups is 1. The molecule has 5 N–H and O–H groups in total. The van der Waals surface area contributed by atoms with E-state index < -0.39 is 17.7 Å². The summed E-state index contributed by atoms with van der Waals surface area (Å²) in [6, 6.07) is 1.38. The van der Waals surface area contributed by atoms with Crippen molar-refractivity contribution in [3.63, 3.8) is 0 Å². The number of amides is 2. The number of H-pyrrole nitrogens is 1. The SMILES string of the molecule is CNc1[nH]ncc1C(=N)N1CCCC(c2nc(NC(=O)Nc3c(F)cc(F)cc3N3CCCC3)cs2)C1. The van der Waals surface area contributed by atoms with Crippen LogP contribution in [0, 0.1) is 17.0 Å². The molecule has 37 heavy (non-hydrogen) atoms. The molecular formula is C24H29F2N9OS. The van der Waals surface area contributed by atoms with E-state index in [-0.39, 0.29) is 11.6 Å². The van der Waals surface area contributed by atoms with Crippen LogP contribution in [-0.4, -0.2) is 65.2 Å². The van der Waals surface area contributed by atoms with Crippen LogP contribution in [0.25, 0.3) is 0 Å². The number of rotatable bonds is 6. The van der Waals surface area contributed by atoms with Gasteiger partial charge in [-0.05, 0) is 31.7 Å². The number of likely N-dealkylation sites (tertiary alicyclic amines) is 1. The van der Waals surface area contributed by atoms with Gasteiger partial charge in [-0.25, -0.2) is 18.6 Å². The van der Waals surface area contributed by atoms with E-state index in [1.165, 1.54) is 17.4 Å². The minimum atomic E-state index is -0.820. The Balaban J connectivity index is 1.24. The highest BCUT2D eigenvalue weighted by atomic mass is 32.1. The van der Waals surface area contributed by atoms with Gasteiger partial charge in [-0.3, -0.25) is 15.8 Å². The first-order valence-corrected chi connectivity index (χ1v) is 13.1. The van der Waals surface area contributed by atoms with Crippen LogP contribution >= 0.6 is 11.3 Å². The number of hydrogen-bond acceptors (Lipinski definition) is 7. The third-order valence-electron chi connectivity index (χ3n) is 6.71. The summed E-state index contributed by atoms with van der Waals surface area (Å²) >= 11 is 1.44. The van der Waals surface area contributed by atoms with Crippen LogP contribution in [0.2, 0.25) is 0 Å². The van der Waals surface area contributed by atoms with Crippen molar-refractivity contribution in [1.82, 2.24) is 20.1 Å². The molecule has 0 bridgehead atoms. The molecule has 2 fully saturated rings. The number of anilines is 4. The smallest absolute Gasteiger partial charge is 0.325 e. The van der Waals surface area contributed by atoms with Gasteiger partial charge in [-0.2, -0.15) is 5.10 Å². The van der Waals surface area contributed by atoms with Gasteiger partial charge in [0.15, 0.2) is 5.82 Å². The maximum Gasteiger partial charge on any atom is 0.325 e. The number of aromatic amines is 1. The Morgan fingerprint density at radius 2 is 2.00 bits per heavy atom. The molecule has 2 aliphatic heterocycles. The van der Waals surface area contributed by atoms with Gasteiger partial charge in [-0.1, -0.05) is 0 Å². The van der Waals surface area contributed by atoms with Gasteiger partial charge < -0.3 is 20.4 Å². The highest BCUT2D eigenvalue weighted by Gasteiger charge is 2.28. The van der Waals surface area contributed by atoms with E-state index >= 15 is 0 Å². The average Bonchev–Trinajstić information content (AvgIpc) is 3.67. The summed E-state index contributed by atoms with van der Waals surface area (Å²) in [6.45, 7) is 2.76. The molecule has 0 radical (unpaired) electrons. The van der Waals surface area contributed by atoms with Crippen molar-refractivity contribution in [2.45, 2.75) is 31.6 Å². The largest absolute Gasteiger partial charge is 0.373 e. The third-order valence-corrected chi connectivity index (χ3v) is 7.72. The predicted octanol–water partition coefficient (Wildman–Crippen LogP) is 4.64. The number of aromatic nitrogens is 3. The molecule has 0 aliphatic carbocycles. The molecule has 2 amide bonds. The van der Waals surface area contributed by atoms with Crippen molar-refractivity contribution in [2.24, 2.45) is 0 Å². The lowest BCUT2D eigenvalue weighted by molar-refractivity contribution is 0.262. The molecule has 1 atom stereocenters. The van der Waals surface area contributed by atoms with E-state index in [1.807, 2.05) is 9.80 Å². The van der Waals surface area contributed by atoms with Crippen molar-refractivity contribution < 1.29 is 13.6 Å². The van der Waals surface area contributed by atoms with Gasteiger partial charge in [-0.15, -0.1) is 11.3 Å². The zero-order valence-electron chi connectivity index (χ0n) is 20.4. The second-order valence-electron chi connectivity index (χ2n) is 9.17. The Morgan fingerprint density at radius 1 is 1.19 bits per heavy atom. The highest BCUT2D eigenvalue weighted by molar-refractivity contribution is 7.10. The fraction of sp³-hybridized carbons (Fsp3) is 0.417. The fourth-order valence-electron chi connectivity index (χ4n) is 4.89. The number of piperidine rings is 1. The van der Waals surface area contributed by atoms with Crippen LogP contribution in [-0.2, 0) is 0 Å². The number of hydrogen-bond donors (Lipinski definition) is 5. The quantitative estimate of drug-likeness (QED) is 0.234. The van der Waals surface area contributed by atoms with Crippen molar-refractivity contribution in [3.8, 4) is 0 Å². The zero-order valence-corrected chi connectivity index (χ0v) is 21.2. The highest BCUT2D eigenvalue weighted by Crippen LogP contribution is 2.34. The minimum absolute atomic E-state index is 0.0436. The Morgan fingerprint density at radius 3 is 2.78 bits per heavy atom. The predicted molar refractivity (Wildman–Crippen MR) is 141 cm³/mol. The molecule has 5 rings (SSSR count). The molecular weight excluding hydrogens is 500 g/mol. The molecule has 10 nitrogen and oxygen atoms in total. The lowest BCUT2D eigenvalue weighted by Gasteiger charge is -2.33. The van der Waals surface area contributed by atoms with Crippen molar-refractivity contribution in [3.05, 3.63) is 45.9 Å². The summed E-state index contributed by atoms with van der Waals surface area (Å²) in [6.07, 6.45) is 5.34. The third kappa shape index (κ3) is 5.36. The average molecular weight is 530 g/mol. The first-order chi connectivity index (χ1) is 17.9. The van der Waals surface area contributed by atoms with Crippen LogP contribution in [0.4, 0.5) is 36.6 Å². The number of carbonyl (C=O) groups is 1. The molecule has 2 saturated heterocycles. The molecule has 13 heteroatoms. The maximum absolute atomic E-state index is 14.6. The van der Waals surface area contributed by atoms with E-state index in [0.717, 1.165) is 43.3 Å². The molecule has 4 heterocycles. The number of benzene rings is 1. The summed E-state index contributed by atoms with van der Waals surface area (Å²) in [5.74, 6) is 0.0663. The molecule has 1 aromatic carbocycles. The Hall–Kier alpha value is -3.74. The zero-order chi connectivity index (χ0) is 25.9. The number of amidine groups is 1. The number of halogens is 2. The van der Waals surface area contributed by atoms with Crippen LogP contribution in [0.5, 0.6) is 0 Å². The normalized spacial score (nSPS) is 17.6. The van der Waals surface area contributed by atoms with Crippen LogP contribution < -0.4 is 20.9 Å². The van der Waals surface area contributed by atoms with Gasteiger partial charge in [0.05, 0.1) is 22.5 Å². The molecule has 2 aromatic heterocycles. The number of nitrogens with zero attached hydrogens (tertiary/aromatic N) is 4. The topological polar surface area (TPSA) is 125 Å². The van der Waals surface area contributed by atoms with Gasteiger partial charge in [0, 0.05) is 50.6 Å². The number of thiazole rings is 1. The standard InChI is InChI=1S/C24H29F2N9OS/c1-28-22-16(11-29-33-22)21(27)35-8-4-5-14(12-35)23-30-19(13-37-23)31-24(36)32-20-17(26)9-15(25)10-18(20)34-6-2-3-7-34/h9-11,13-14,27H,2-8,12H2,1H3,(H2,28,29,33)(H2,31,32,36). The van der Waals surface area contributed by atoms with Crippen LogP contribution in [0.15, 0.2) is 23.7 Å². The Labute approximate surface area is 217 Å². The Bertz CT molecular complexity index is 1290. The lowest BCUT2D eigenvalue weighted by atomic mass is 9.98. The lowest BCUT2D eigenvalue weighted by Crippen LogP contribution is -2.39. The maximum atomic E-state index is 14.6. The van der Waals surface area contributed by atoms with Crippen molar-refractivity contribution in [1.29, 1.82) is 5.41 Å². The molecule has 196 valence electrons. The number of nitrogens with one attached hydrogen (secondary N) is 5. The van der Waals surface area contributed by atoms with Crippen molar-refractivity contribution in [2.75, 3.05) is 54.1 Å². The minimum Gasteiger partial charge on any atom is -0.373 e. The second kappa shape index (κ2) is 10.7. The van der Waals surface area contributed by atoms with E-state index in [4.69, 9.17) is 5.41 Å². The van der Waals surface area contributed by atoms with E-state index in [0.29, 0.717) is 48.4 Å². The summed E-state index contributed by atoms with van der Waals surface area (Å²) < 4.78 is 28.5. The molecule has 0 saturated carbocycles. The summed E-state index contributed by atoms with van der Waals surface area (Å²) in [5.41, 5.74) is 1.01. The molecule has 3 aromatic rings. The molecule has 2 aliphatic rings. The fourth-order valence-corrected chi connectivity index (χ4v) is 5.77. The summed E-state index contributed by atoms with van der Waals surface area (Å²) in [4.78, 5) is 21.2. The number of carbonyl (C=O) groups excluding carboxylic acids is 1. The first kappa shape index (κ1) is 24.9. The van der Waals surface area contributed by atoms with Crippen molar-refractivity contribution >= 4 is 46.2 Å². The van der Waals surface area contributed by atoms with Gasteiger partial charge in [0.1, 0.15) is 29.0 Å². The van der Waals surface area contributed by atoms with Gasteiger partial charge in [0.25, 0.3) is 0 Å². The second-order valence-corrected chi connectivity index (χ2v) is 10.1. The monoisotopic (exact) mass is 529 g/mol. The summed E-state index contributed by atoms with van der Waals surface area (Å²) in [5, 5.41) is 26.4. The van der Waals surface area contributed by atoms with E-state index in [9.17, 15) is 13.6 Å². The van der Waals surface area contributed by atoms with E-state index in [2.05, 4.69) is 31.1 Å². The van der Waals surface area contributed by atoms with Crippen LogP contribution in [0.3, 0.4) is 0 Å². The van der Waals surface area contributed by atoms with E-state index in [1.54, 1.807) is 18.6 Å². The van der Waals surface area contributed by atoms with Gasteiger partial charge >= 0.3 is 6.03 Å². The van der Waals surface area contributed by atoms with Gasteiger partial charge in [0.2, 0.25) is 0 Å². The Kier molecular flexibility index (Phi) is 7.22. The molecule has 1 unspecified atom stereocenters. The summed E-state index contributed by atoms with van der Waals surface area (Å²) in [7, 11) is 1.78. The van der Waals surface area contributed by atoms with Crippen LogP contribution in [0.1, 0.15) is 42.2 Å². The molecule has 0 spiro atoms. The first-order valence-electron chi connectivity index (χ1n) is 12.3.